The lowest BCUT2D eigenvalue weighted by molar-refractivity contribution is 0.316. The number of aryl methyl sites for hydroxylation is 2. The molecule has 0 aliphatic heterocycles. The Balaban J connectivity index is 1.98. The molecule has 0 fully saturated rings. The standard InChI is InChI=1S/C14H14Cl2N2O/c1-9-3-4-10(2)11(7-9)19-6-5-14-17-12(15)8-13(16)18-14/h3-4,7-8H,5-6H2,1-2H3. The molecular weight excluding hydrogens is 283 g/mol. The Kier molecular flexibility index (Phi) is 4.61. The highest BCUT2D eigenvalue weighted by atomic mass is 35.5. The minimum Gasteiger partial charge on any atom is -0.493 e. The first-order chi connectivity index (χ1) is 9.04. The summed E-state index contributed by atoms with van der Waals surface area (Å²) in [4.78, 5) is 8.19. The van der Waals surface area contributed by atoms with E-state index in [0.717, 1.165) is 11.3 Å². The lowest BCUT2D eigenvalue weighted by Gasteiger charge is -2.09. The fraction of sp³-hybridized carbons (Fsp3) is 0.286. The third-order valence-corrected chi connectivity index (χ3v) is 3.02. The van der Waals surface area contributed by atoms with Crippen molar-refractivity contribution in [1.82, 2.24) is 9.97 Å². The third-order valence-electron chi connectivity index (χ3n) is 2.64. The van der Waals surface area contributed by atoms with Crippen LogP contribution in [0.3, 0.4) is 0 Å². The number of rotatable bonds is 4. The molecule has 2 aromatic rings. The minimum absolute atomic E-state index is 0.349. The second-order valence-electron chi connectivity index (χ2n) is 4.30. The highest BCUT2D eigenvalue weighted by Crippen LogP contribution is 2.19. The van der Waals surface area contributed by atoms with Crippen molar-refractivity contribution in [3.8, 4) is 5.75 Å². The predicted octanol–water partition coefficient (Wildman–Crippen LogP) is 4.02. The average molecular weight is 297 g/mol. The zero-order valence-electron chi connectivity index (χ0n) is 10.8. The molecular formula is C14H14Cl2N2O. The number of halogens is 2. The van der Waals surface area contributed by atoms with E-state index in [1.165, 1.54) is 11.6 Å². The topological polar surface area (TPSA) is 35.0 Å². The van der Waals surface area contributed by atoms with E-state index in [-0.39, 0.29) is 0 Å². The van der Waals surface area contributed by atoms with Crippen LogP contribution in [0.2, 0.25) is 10.3 Å². The van der Waals surface area contributed by atoms with Gasteiger partial charge in [-0.2, -0.15) is 0 Å². The van der Waals surface area contributed by atoms with Crippen molar-refractivity contribution in [2.45, 2.75) is 20.3 Å². The number of nitrogens with zero attached hydrogens (tertiary/aromatic N) is 2. The van der Waals surface area contributed by atoms with Gasteiger partial charge in [-0.05, 0) is 31.0 Å². The summed E-state index contributed by atoms with van der Waals surface area (Å²) >= 11 is 11.6. The van der Waals surface area contributed by atoms with E-state index in [1.54, 1.807) is 0 Å². The SMILES string of the molecule is Cc1ccc(C)c(OCCc2nc(Cl)cc(Cl)n2)c1. The van der Waals surface area contributed by atoms with Crippen molar-refractivity contribution in [1.29, 1.82) is 0 Å². The second-order valence-corrected chi connectivity index (χ2v) is 5.07. The third kappa shape index (κ3) is 4.08. The first kappa shape index (κ1) is 14.1. The van der Waals surface area contributed by atoms with Crippen LogP contribution in [-0.4, -0.2) is 16.6 Å². The summed E-state index contributed by atoms with van der Waals surface area (Å²) in [6.45, 7) is 4.54. The summed E-state index contributed by atoms with van der Waals surface area (Å²) in [5.41, 5.74) is 2.28. The van der Waals surface area contributed by atoms with E-state index < -0.39 is 0 Å². The zero-order chi connectivity index (χ0) is 13.8. The van der Waals surface area contributed by atoms with Crippen LogP contribution in [0.4, 0.5) is 0 Å². The highest BCUT2D eigenvalue weighted by molar-refractivity contribution is 6.33. The van der Waals surface area contributed by atoms with E-state index in [4.69, 9.17) is 27.9 Å². The van der Waals surface area contributed by atoms with Gasteiger partial charge in [0, 0.05) is 12.5 Å². The van der Waals surface area contributed by atoms with Gasteiger partial charge in [0.2, 0.25) is 0 Å². The molecule has 0 saturated heterocycles. The summed E-state index contributed by atoms with van der Waals surface area (Å²) in [6.07, 6.45) is 0.563. The Bertz CT molecular complexity index is 567. The van der Waals surface area contributed by atoms with E-state index >= 15 is 0 Å². The lowest BCUT2D eigenvalue weighted by Crippen LogP contribution is -2.06. The number of ether oxygens (including phenoxy) is 1. The Morgan fingerprint density at radius 2 is 1.74 bits per heavy atom. The molecule has 5 heteroatoms. The molecule has 0 spiro atoms. The maximum absolute atomic E-state index is 5.82. The fourth-order valence-corrected chi connectivity index (χ4v) is 2.12. The monoisotopic (exact) mass is 296 g/mol. The van der Waals surface area contributed by atoms with Crippen molar-refractivity contribution >= 4 is 23.2 Å². The Labute approximate surface area is 122 Å². The van der Waals surface area contributed by atoms with Crippen molar-refractivity contribution in [3.05, 3.63) is 51.5 Å². The Hall–Kier alpha value is -1.32. The van der Waals surface area contributed by atoms with Gasteiger partial charge in [-0.3, -0.25) is 0 Å². The van der Waals surface area contributed by atoms with Crippen LogP contribution in [0.15, 0.2) is 24.3 Å². The van der Waals surface area contributed by atoms with Gasteiger partial charge in [0.1, 0.15) is 21.9 Å². The van der Waals surface area contributed by atoms with Crippen LogP contribution in [0, 0.1) is 13.8 Å². The molecule has 0 unspecified atom stereocenters. The summed E-state index contributed by atoms with van der Waals surface area (Å²) < 4.78 is 5.74. The smallest absolute Gasteiger partial charge is 0.135 e. The van der Waals surface area contributed by atoms with E-state index in [0.29, 0.717) is 29.2 Å². The first-order valence-electron chi connectivity index (χ1n) is 5.93. The van der Waals surface area contributed by atoms with Crippen LogP contribution in [-0.2, 0) is 6.42 Å². The van der Waals surface area contributed by atoms with Crippen molar-refractivity contribution in [3.63, 3.8) is 0 Å². The van der Waals surface area contributed by atoms with Crippen LogP contribution >= 0.6 is 23.2 Å². The molecule has 0 aliphatic carbocycles. The zero-order valence-corrected chi connectivity index (χ0v) is 12.3. The largest absolute Gasteiger partial charge is 0.493 e. The Morgan fingerprint density at radius 3 is 2.42 bits per heavy atom. The molecule has 0 aliphatic rings. The first-order valence-corrected chi connectivity index (χ1v) is 6.69. The molecule has 1 aromatic carbocycles. The fourth-order valence-electron chi connectivity index (χ4n) is 1.66. The van der Waals surface area contributed by atoms with E-state index in [1.807, 2.05) is 26.0 Å². The maximum Gasteiger partial charge on any atom is 0.135 e. The van der Waals surface area contributed by atoms with Gasteiger partial charge in [0.25, 0.3) is 0 Å². The molecule has 100 valence electrons. The summed E-state index contributed by atoms with van der Waals surface area (Å²) in [7, 11) is 0. The van der Waals surface area contributed by atoms with Gasteiger partial charge in [0.05, 0.1) is 6.61 Å². The molecule has 0 amide bonds. The quantitative estimate of drug-likeness (QED) is 0.799. The molecule has 1 aromatic heterocycles. The van der Waals surface area contributed by atoms with Gasteiger partial charge in [0.15, 0.2) is 0 Å². The van der Waals surface area contributed by atoms with Gasteiger partial charge in [-0.1, -0.05) is 35.3 Å². The van der Waals surface area contributed by atoms with Gasteiger partial charge < -0.3 is 4.74 Å². The number of hydrogen-bond donors (Lipinski definition) is 0. The minimum atomic E-state index is 0.349. The summed E-state index contributed by atoms with van der Waals surface area (Å²) in [5, 5.41) is 0.698. The molecule has 0 bridgehead atoms. The van der Waals surface area contributed by atoms with Crippen LogP contribution < -0.4 is 4.74 Å². The van der Waals surface area contributed by atoms with Crippen LogP contribution in [0.5, 0.6) is 5.75 Å². The second kappa shape index (κ2) is 6.22. The summed E-state index contributed by atoms with van der Waals surface area (Å²) in [5.74, 6) is 1.47. The van der Waals surface area contributed by atoms with Crippen molar-refractivity contribution in [2.75, 3.05) is 6.61 Å². The number of hydrogen-bond acceptors (Lipinski definition) is 3. The van der Waals surface area contributed by atoms with Crippen LogP contribution in [0.25, 0.3) is 0 Å². The summed E-state index contributed by atoms with van der Waals surface area (Å²) in [6, 6.07) is 7.62. The molecule has 1 heterocycles. The van der Waals surface area contributed by atoms with Crippen molar-refractivity contribution < 1.29 is 4.74 Å². The predicted molar refractivity (Wildman–Crippen MR) is 77.2 cm³/mol. The highest BCUT2D eigenvalue weighted by Gasteiger charge is 2.04. The number of aromatic nitrogens is 2. The number of benzene rings is 1. The lowest BCUT2D eigenvalue weighted by atomic mass is 10.1. The molecule has 2 rings (SSSR count). The molecule has 0 saturated carbocycles. The Morgan fingerprint density at radius 1 is 1.05 bits per heavy atom. The maximum atomic E-state index is 5.82. The molecule has 0 N–H and O–H groups in total. The molecule has 3 nitrogen and oxygen atoms in total. The normalized spacial score (nSPS) is 10.5. The van der Waals surface area contributed by atoms with Gasteiger partial charge >= 0.3 is 0 Å². The van der Waals surface area contributed by atoms with Gasteiger partial charge in [-0.15, -0.1) is 0 Å². The average Bonchev–Trinajstić information content (AvgIpc) is 2.32. The van der Waals surface area contributed by atoms with Gasteiger partial charge in [-0.25, -0.2) is 9.97 Å². The molecule has 19 heavy (non-hydrogen) atoms. The van der Waals surface area contributed by atoms with E-state index in [2.05, 4.69) is 16.0 Å². The molecule has 0 atom stereocenters. The van der Waals surface area contributed by atoms with Crippen LogP contribution in [0.1, 0.15) is 17.0 Å². The van der Waals surface area contributed by atoms with Crippen molar-refractivity contribution in [2.24, 2.45) is 0 Å². The van der Waals surface area contributed by atoms with E-state index in [9.17, 15) is 0 Å². The molecule has 0 radical (unpaired) electrons.